The number of hydrogen-bond acceptors (Lipinski definition) is 6. The third-order valence-corrected chi connectivity index (χ3v) is 3.69. The van der Waals surface area contributed by atoms with Crippen molar-refractivity contribution >= 4 is 6.09 Å². The molecule has 1 atom stereocenters. The van der Waals surface area contributed by atoms with Crippen LogP contribution in [0.4, 0.5) is 4.79 Å². The number of carbonyl (C=O) groups is 1. The Balaban J connectivity index is 1.79. The minimum atomic E-state index is -0.540. The minimum absolute atomic E-state index is 0.191. The first-order chi connectivity index (χ1) is 11.4. The lowest BCUT2D eigenvalue weighted by Crippen LogP contribution is -2.47. The first kappa shape index (κ1) is 16.0. The van der Waals surface area contributed by atoms with E-state index in [9.17, 15) is 4.79 Å². The molecule has 0 saturated carbocycles. The Morgan fingerprint density at radius 1 is 1.50 bits per heavy atom. The highest BCUT2D eigenvalue weighted by Crippen LogP contribution is 2.36. The summed E-state index contributed by atoms with van der Waals surface area (Å²) in [4.78, 5) is 17.8. The van der Waals surface area contributed by atoms with Gasteiger partial charge in [0.25, 0.3) is 0 Å². The summed E-state index contributed by atoms with van der Waals surface area (Å²) in [7, 11) is 0. The summed E-state index contributed by atoms with van der Waals surface area (Å²) in [6, 6.07) is 7.09. The monoisotopic (exact) mass is 326 g/mol. The summed E-state index contributed by atoms with van der Waals surface area (Å²) in [5.74, 6) is 0.579. The molecule has 3 rings (SSSR count). The van der Waals surface area contributed by atoms with E-state index in [0.717, 1.165) is 6.42 Å². The fraction of sp³-hybridized carbons (Fsp3) is 0.412. The maximum Gasteiger partial charge on any atom is 0.410 e. The molecule has 2 aromatic heterocycles. The molecule has 124 valence electrons. The Morgan fingerprint density at radius 3 is 2.92 bits per heavy atom. The van der Waals surface area contributed by atoms with Crippen LogP contribution in [-0.2, 0) is 4.74 Å². The number of amides is 1. The lowest BCUT2D eigenvalue weighted by molar-refractivity contribution is -0.0108. The number of ether oxygens (including phenoxy) is 1. The normalized spacial score (nSPS) is 17.1. The summed E-state index contributed by atoms with van der Waals surface area (Å²) in [5, 5.41) is 13.2. The van der Waals surface area contributed by atoms with E-state index >= 15 is 0 Å². The topological polar surface area (TPSA) is 92.2 Å². The van der Waals surface area contributed by atoms with Crippen LogP contribution < -0.4 is 0 Å². The van der Waals surface area contributed by atoms with Gasteiger partial charge in [0, 0.05) is 24.4 Å². The average Bonchev–Trinajstić information content (AvgIpc) is 2.93. The van der Waals surface area contributed by atoms with Gasteiger partial charge >= 0.3 is 6.09 Å². The number of rotatable bonds is 2. The summed E-state index contributed by atoms with van der Waals surface area (Å²) < 4.78 is 10.8. The lowest BCUT2D eigenvalue weighted by atomic mass is 10.00. The molecule has 0 unspecified atom stereocenters. The van der Waals surface area contributed by atoms with Crippen molar-refractivity contribution in [3.05, 3.63) is 35.9 Å². The average molecular weight is 326 g/mol. The molecule has 0 spiro atoms. The standard InChI is InChI=1S/C17H18N4O3/c1-17(2,3)23-16(22)21-8-6-14(21)15-9-12(20-24-15)11-5-4-7-19-13(11)10-18/h4-5,7,9,14H,6,8H2,1-3H3/t14-/m0/s1. The molecular weight excluding hydrogens is 308 g/mol. The van der Waals surface area contributed by atoms with Gasteiger partial charge in [0.1, 0.15) is 23.1 Å². The molecule has 0 radical (unpaired) electrons. The largest absolute Gasteiger partial charge is 0.444 e. The van der Waals surface area contributed by atoms with Crippen molar-refractivity contribution in [3.8, 4) is 17.3 Å². The second-order valence-corrected chi connectivity index (χ2v) is 6.60. The van der Waals surface area contributed by atoms with Gasteiger partial charge in [-0.15, -0.1) is 0 Å². The molecule has 0 N–H and O–H groups in total. The van der Waals surface area contributed by atoms with E-state index in [-0.39, 0.29) is 17.8 Å². The van der Waals surface area contributed by atoms with E-state index < -0.39 is 5.60 Å². The molecule has 7 nitrogen and oxygen atoms in total. The first-order valence-electron chi connectivity index (χ1n) is 7.71. The highest BCUT2D eigenvalue weighted by molar-refractivity contribution is 5.70. The van der Waals surface area contributed by atoms with Crippen molar-refractivity contribution in [2.45, 2.75) is 38.8 Å². The molecule has 1 fully saturated rings. The second kappa shape index (κ2) is 5.96. The van der Waals surface area contributed by atoms with Gasteiger partial charge in [0.2, 0.25) is 0 Å². The third kappa shape index (κ3) is 3.08. The van der Waals surface area contributed by atoms with Crippen molar-refractivity contribution in [1.29, 1.82) is 5.26 Å². The van der Waals surface area contributed by atoms with E-state index in [1.807, 2.05) is 26.8 Å². The molecule has 0 aliphatic carbocycles. The number of aromatic nitrogens is 2. The summed E-state index contributed by atoms with van der Waals surface area (Å²) >= 11 is 0. The van der Waals surface area contributed by atoms with Crippen LogP contribution in [0.5, 0.6) is 0 Å². The fourth-order valence-corrected chi connectivity index (χ4v) is 2.50. The zero-order chi connectivity index (χ0) is 17.3. The van der Waals surface area contributed by atoms with Crippen molar-refractivity contribution in [2.24, 2.45) is 0 Å². The zero-order valence-electron chi connectivity index (χ0n) is 13.8. The van der Waals surface area contributed by atoms with Crippen LogP contribution in [0.1, 0.15) is 44.7 Å². The number of hydrogen-bond donors (Lipinski definition) is 0. The van der Waals surface area contributed by atoms with Crippen molar-refractivity contribution in [2.75, 3.05) is 6.54 Å². The molecule has 1 saturated heterocycles. The molecule has 1 amide bonds. The Labute approximate surface area is 139 Å². The Morgan fingerprint density at radius 2 is 2.29 bits per heavy atom. The number of likely N-dealkylation sites (tertiary alicyclic amines) is 1. The Kier molecular flexibility index (Phi) is 3.97. The molecule has 1 aliphatic heterocycles. The quantitative estimate of drug-likeness (QED) is 0.841. The van der Waals surface area contributed by atoms with Gasteiger partial charge in [0.05, 0.1) is 6.04 Å². The second-order valence-electron chi connectivity index (χ2n) is 6.60. The molecule has 1 aliphatic rings. The molecule has 0 bridgehead atoms. The smallest absolute Gasteiger partial charge is 0.410 e. The number of carbonyl (C=O) groups excluding carboxylic acids is 1. The van der Waals surface area contributed by atoms with E-state index in [1.165, 1.54) is 0 Å². The van der Waals surface area contributed by atoms with Gasteiger partial charge in [-0.3, -0.25) is 4.90 Å². The van der Waals surface area contributed by atoms with Gasteiger partial charge < -0.3 is 9.26 Å². The fourth-order valence-electron chi connectivity index (χ4n) is 2.50. The Bertz CT molecular complexity index is 801. The van der Waals surface area contributed by atoms with Crippen LogP contribution in [0.2, 0.25) is 0 Å². The Hall–Kier alpha value is -2.88. The zero-order valence-corrected chi connectivity index (χ0v) is 13.8. The van der Waals surface area contributed by atoms with Crippen molar-refractivity contribution in [3.63, 3.8) is 0 Å². The van der Waals surface area contributed by atoms with Crippen LogP contribution in [0, 0.1) is 11.3 Å². The summed E-state index contributed by atoms with van der Waals surface area (Å²) in [6.07, 6.45) is 1.97. The number of nitriles is 1. The first-order valence-corrected chi connectivity index (χ1v) is 7.71. The van der Waals surface area contributed by atoms with E-state index in [1.54, 1.807) is 29.3 Å². The number of pyridine rings is 1. The predicted octanol–water partition coefficient (Wildman–Crippen LogP) is 3.29. The van der Waals surface area contributed by atoms with Crippen LogP contribution in [-0.4, -0.2) is 33.3 Å². The van der Waals surface area contributed by atoms with Gasteiger partial charge in [-0.2, -0.15) is 5.26 Å². The van der Waals surface area contributed by atoms with Gasteiger partial charge in [-0.1, -0.05) is 5.16 Å². The van der Waals surface area contributed by atoms with Crippen LogP contribution in [0.25, 0.3) is 11.3 Å². The SMILES string of the molecule is CC(C)(C)OC(=O)N1CC[C@H]1c1cc(-c2cccnc2C#N)no1. The van der Waals surface area contributed by atoms with Gasteiger partial charge in [-0.25, -0.2) is 9.78 Å². The van der Waals surface area contributed by atoms with Gasteiger partial charge in [-0.05, 0) is 39.3 Å². The highest BCUT2D eigenvalue weighted by atomic mass is 16.6. The van der Waals surface area contributed by atoms with E-state index in [4.69, 9.17) is 14.5 Å². The third-order valence-electron chi connectivity index (χ3n) is 3.69. The molecule has 24 heavy (non-hydrogen) atoms. The molecule has 3 heterocycles. The lowest BCUT2D eigenvalue weighted by Gasteiger charge is -2.39. The van der Waals surface area contributed by atoms with Crippen molar-refractivity contribution in [1.82, 2.24) is 15.0 Å². The minimum Gasteiger partial charge on any atom is -0.444 e. The molecular formula is C17H18N4O3. The van der Waals surface area contributed by atoms with Gasteiger partial charge in [0.15, 0.2) is 5.76 Å². The molecule has 7 heteroatoms. The molecule has 0 aromatic carbocycles. The maximum atomic E-state index is 12.2. The van der Waals surface area contributed by atoms with Crippen LogP contribution in [0.3, 0.4) is 0 Å². The van der Waals surface area contributed by atoms with E-state index in [2.05, 4.69) is 10.1 Å². The molecule has 2 aromatic rings. The van der Waals surface area contributed by atoms with E-state index in [0.29, 0.717) is 23.6 Å². The number of nitrogens with zero attached hydrogens (tertiary/aromatic N) is 4. The maximum absolute atomic E-state index is 12.2. The summed E-state index contributed by atoms with van der Waals surface area (Å²) in [5.41, 5.74) is 0.889. The van der Waals surface area contributed by atoms with Crippen LogP contribution >= 0.6 is 0 Å². The highest BCUT2D eigenvalue weighted by Gasteiger charge is 2.38. The predicted molar refractivity (Wildman–Crippen MR) is 84.7 cm³/mol. The van der Waals surface area contributed by atoms with Crippen molar-refractivity contribution < 1.29 is 14.1 Å². The summed E-state index contributed by atoms with van der Waals surface area (Å²) in [6.45, 7) is 6.11. The van der Waals surface area contributed by atoms with Crippen LogP contribution in [0.15, 0.2) is 28.9 Å².